The summed E-state index contributed by atoms with van der Waals surface area (Å²) in [6, 6.07) is 6.73. The van der Waals surface area contributed by atoms with Crippen molar-refractivity contribution in [2.24, 2.45) is 23.7 Å². The van der Waals surface area contributed by atoms with E-state index in [1.54, 1.807) is 24.3 Å². The maximum absolute atomic E-state index is 12.8. The molecular weight excluding hydrogens is 278 g/mol. The van der Waals surface area contributed by atoms with Gasteiger partial charge in [0.05, 0.1) is 17.5 Å². The fourth-order valence-corrected chi connectivity index (χ4v) is 4.17. The third kappa shape index (κ3) is 1.73. The standard InChI is InChI=1S/C18H17NO3/c1-10(20)11-6-8-14(9-7-11)19-17(21)15-12-2-3-13(5-4-12)16(15)18(19)22/h2-3,6-9,12-13,15-16H,4-5H2,1H3/t12-,13+,15-,16+. The molecule has 4 atom stereocenters. The minimum atomic E-state index is -0.191. The number of ketones is 1. The number of benzene rings is 1. The van der Waals surface area contributed by atoms with Crippen LogP contribution in [0.15, 0.2) is 36.4 Å². The molecule has 1 aromatic rings. The number of amides is 2. The van der Waals surface area contributed by atoms with E-state index in [1.807, 2.05) is 0 Å². The smallest absolute Gasteiger partial charge is 0.238 e. The second-order valence-corrected chi connectivity index (χ2v) is 6.46. The van der Waals surface area contributed by atoms with E-state index in [1.165, 1.54) is 11.8 Å². The lowest BCUT2D eigenvalue weighted by Crippen LogP contribution is -2.38. The lowest BCUT2D eigenvalue weighted by atomic mass is 9.63. The Hall–Kier alpha value is -2.23. The predicted octanol–water partition coefficient (Wildman–Crippen LogP) is 2.59. The number of Topliss-reactive ketones (excluding diaryl/α,β-unsaturated/α-hetero) is 1. The van der Waals surface area contributed by atoms with Crippen LogP contribution in [0, 0.1) is 23.7 Å². The zero-order chi connectivity index (χ0) is 15.4. The molecule has 0 radical (unpaired) electrons. The molecule has 1 aliphatic heterocycles. The van der Waals surface area contributed by atoms with Gasteiger partial charge in [-0.15, -0.1) is 0 Å². The van der Waals surface area contributed by atoms with E-state index in [9.17, 15) is 14.4 Å². The van der Waals surface area contributed by atoms with Crippen LogP contribution in [0.1, 0.15) is 30.1 Å². The summed E-state index contributed by atoms with van der Waals surface area (Å²) in [4.78, 5) is 38.2. The Labute approximate surface area is 128 Å². The van der Waals surface area contributed by atoms with Crippen LogP contribution < -0.4 is 4.90 Å². The largest absolute Gasteiger partial charge is 0.295 e. The van der Waals surface area contributed by atoms with Gasteiger partial charge in [0.15, 0.2) is 5.78 Å². The summed E-state index contributed by atoms with van der Waals surface area (Å²) in [7, 11) is 0. The van der Waals surface area contributed by atoms with Crippen molar-refractivity contribution in [1.82, 2.24) is 0 Å². The van der Waals surface area contributed by atoms with Gasteiger partial charge in [0.2, 0.25) is 11.8 Å². The van der Waals surface area contributed by atoms with E-state index < -0.39 is 0 Å². The zero-order valence-electron chi connectivity index (χ0n) is 12.4. The van der Waals surface area contributed by atoms with Crippen molar-refractivity contribution < 1.29 is 14.4 Å². The number of rotatable bonds is 2. The quantitative estimate of drug-likeness (QED) is 0.479. The highest BCUT2D eigenvalue weighted by molar-refractivity contribution is 6.22. The average molecular weight is 295 g/mol. The van der Waals surface area contributed by atoms with Crippen molar-refractivity contribution in [3.63, 3.8) is 0 Å². The number of anilines is 1. The van der Waals surface area contributed by atoms with Crippen LogP contribution in [0.4, 0.5) is 5.69 Å². The van der Waals surface area contributed by atoms with Crippen LogP contribution in [-0.2, 0) is 9.59 Å². The molecule has 5 rings (SSSR count). The van der Waals surface area contributed by atoms with E-state index in [2.05, 4.69) is 12.2 Å². The number of allylic oxidation sites excluding steroid dienone is 2. The maximum Gasteiger partial charge on any atom is 0.238 e. The molecule has 2 amide bonds. The van der Waals surface area contributed by atoms with Gasteiger partial charge in [0, 0.05) is 5.56 Å². The molecule has 22 heavy (non-hydrogen) atoms. The van der Waals surface area contributed by atoms with Gasteiger partial charge in [0.1, 0.15) is 0 Å². The first-order valence-corrected chi connectivity index (χ1v) is 7.75. The van der Waals surface area contributed by atoms with Gasteiger partial charge in [-0.1, -0.05) is 12.2 Å². The van der Waals surface area contributed by atoms with Gasteiger partial charge in [0.25, 0.3) is 0 Å². The fraction of sp³-hybridized carbons (Fsp3) is 0.389. The van der Waals surface area contributed by atoms with Crippen LogP contribution >= 0.6 is 0 Å². The summed E-state index contributed by atoms with van der Waals surface area (Å²) in [5.41, 5.74) is 1.16. The van der Waals surface area contributed by atoms with E-state index in [0.29, 0.717) is 11.3 Å². The first-order chi connectivity index (χ1) is 10.6. The molecule has 3 aliphatic carbocycles. The van der Waals surface area contributed by atoms with Crippen molar-refractivity contribution in [2.75, 3.05) is 4.90 Å². The van der Waals surface area contributed by atoms with Crippen molar-refractivity contribution in [2.45, 2.75) is 19.8 Å². The summed E-state index contributed by atoms with van der Waals surface area (Å²) >= 11 is 0. The summed E-state index contributed by atoms with van der Waals surface area (Å²) in [5, 5.41) is 0. The van der Waals surface area contributed by atoms with Crippen molar-refractivity contribution >= 4 is 23.3 Å². The van der Waals surface area contributed by atoms with E-state index in [4.69, 9.17) is 0 Å². The predicted molar refractivity (Wildman–Crippen MR) is 81.3 cm³/mol. The molecule has 4 aliphatic rings. The van der Waals surface area contributed by atoms with E-state index in [-0.39, 0.29) is 41.3 Å². The third-order valence-corrected chi connectivity index (χ3v) is 5.29. The lowest BCUT2D eigenvalue weighted by Gasteiger charge is -2.38. The van der Waals surface area contributed by atoms with Gasteiger partial charge in [-0.05, 0) is 55.9 Å². The van der Waals surface area contributed by atoms with Crippen LogP contribution in [0.5, 0.6) is 0 Å². The number of fused-ring (bicyclic) bond motifs is 1. The van der Waals surface area contributed by atoms with Crippen LogP contribution in [0.3, 0.4) is 0 Å². The lowest BCUT2D eigenvalue weighted by molar-refractivity contribution is -0.124. The summed E-state index contributed by atoms with van der Waals surface area (Å²) in [6.07, 6.45) is 6.22. The highest BCUT2D eigenvalue weighted by Crippen LogP contribution is 2.50. The number of hydrogen-bond donors (Lipinski definition) is 0. The minimum Gasteiger partial charge on any atom is -0.295 e. The molecule has 0 aromatic heterocycles. The highest BCUT2D eigenvalue weighted by Gasteiger charge is 2.56. The summed E-state index contributed by atoms with van der Waals surface area (Å²) in [6.45, 7) is 1.50. The summed E-state index contributed by atoms with van der Waals surface area (Å²) in [5.74, 6) is -0.163. The first-order valence-electron chi connectivity index (χ1n) is 7.75. The normalized spacial score (nSPS) is 32.5. The number of nitrogens with zero attached hydrogens (tertiary/aromatic N) is 1. The Balaban J connectivity index is 1.70. The van der Waals surface area contributed by atoms with E-state index in [0.717, 1.165) is 12.8 Å². The molecular formula is C18H17NO3. The average Bonchev–Trinajstić information content (AvgIpc) is 2.82. The van der Waals surface area contributed by atoms with Gasteiger partial charge in [-0.25, -0.2) is 0 Å². The van der Waals surface area contributed by atoms with Crippen molar-refractivity contribution in [3.05, 3.63) is 42.0 Å². The molecule has 1 saturated heterocycles. The molecule has 0 spiro atoms. The monoisotopic (exact) mass is 295 g/mol. The van der Waals surface area contributed by atoms with Gasteiger partial charge < -0.3 is 0 Å². The molecule has 2 fully saturated rings. The van der Waals surface area contributed by atoms with E-state index >= 15 is 0 Å². The van der Waals surface area contributed by atoms with Crippen LogP contribution in [-0.4, -0.2) is 17.6 Å². The van der Waals surface area contributed by atoms with Crippen molar-refractivity contribution in [3.8, 4) is 0 Å². The molecule has 1 aromatic carbocycles. The van der Waals surface area contributed by atoms with Crippen LogP contribution in [0.2, 0.25) is 0 Å². The molecule has 1 saturated carbocycles. The molecule has 4 heteroatoms. The molecule has 112 valence electrons. The Bertz CT molecular complexity index is 672. The first kappa shape index (κ1) is 13.4. The Morgan fingerprint density at radius 1 is 0.955 bits per heavy atom. The molecule has 0 unspecified atom stereocenters. The number of imide groups is 1. The second-order valence-electron chi connectivity index (χ2n) is 6.46. The number of carbonyl (C=O) groups is 3. The van der Waals surface area contributed by atoms with Gasteiger partial charge in [-0.3, -0.25) is 19.3 Å². The second kappa shape index (κ2) is 4.63. The maximum atomic E-state index is 12.8. The van der Waals surface area contributed by atoms with Gasteiger partial charge >= 0.3 is 0 Å². The van der Waals surface area contributed by atoms with Gasteiger partial charge in [-0.2, -0.15) is 0 Å². The third-order valence-electron chi connectivity index (χ3n) is 5.29. The Kier molecular flexibility index (Phi) is 2.83. The van der Waals surface area contributed by atoms with Crippen LogP contribution in [0.25, 0.3) is 0 Å². The molecule has 0 N–H and O–H groups in total. The molecule has 4 nitrogen and oxygen atoms in total. The molecule has 1 heterocycles. The fourth-order valence-electron chi connectivity index (χ4n) is 4.17. The topological polar surface area (TPSA) is 54.5 Å². The van der Waals surface area contributed by atoms with Crippen molar-refractivity contribution in [1.29, 1.82) is 0 Å². The SMILES string of the molecule is CC(=O)c1ccc(N2C(=O)[C@@H]3[C@H](C2=O)[C@@H]2C=C[C@H]3CC2)cc1. The summed E-state index contributed by atoms with van der Waals surface area (Å²) < 4.78 is 0. The Morgan fingerprint density at radius 3 is 1.86 bits per heavy atom. The molecule has 2 bridgehead atoms. The number of carbonyl (C=O) groups excluding carboxylic acids is 3. The number of hydrogen-bond acceptors (Lipinski definition) is 3. The zero-order valence-corrected chi connectivity index (χ0v) is 12.4. The minimum absolute atomic E-state index is 0.0264. The highest BCUT2D eigenvalue weighted by atomic mass is 16.2. The Morgan fingerprint density at radius 2 is 1.45 bits per heavy atom.